The molecule has 0 bridgehead atoms. The third-order valence-electron chi connectivity index (χ3n) is 3.16. The lowest BCUT2D eigenvalue weighted by atomic mass is 10.1. The zero-order chi connectivity index (χ0) is 17.5. The molecule has 0 unspecified atom stereocenters. The second-order valence-electron chi connectivity index (χ2n) is 5.06. The lowest BCUT2D eigenvalue weighted by Crippen LogP contribution is -2.21. The van der Waals surface area contributed by atoms with E-state index in [0.29, 0.717) is 23.1 Å². The van der Waals surface area contributed by atoms with Crippen LogP contribution in [0.1, 0.15) is 16.7 Å². The first-order valence-electron chi connectivity index (χ1n) is 7.17. The minimum Gasteiger partial charge on any atom is -0.496 e. The van der Waals surface area contributed by atoms with Crippen molar-refractivity contribution in [3.63, 3.8) is 0 Å². The van der Waals surface area contributed by atoms with E-state index in [4.69, 9.17) is 32.5 Å². The first-order chi connectivity index (χ1) is 11.5. The lowest BCUT2D eigenvalue weighted by Gasteiger charge is -2.12. The summed E-state index contributed by atoms with van der Waals surface area (Å²) in [5.74, 6) is 1.22. The van der Waals surface area contributed by atoms with Crippen LogP contribution >= 0.6 is 11.6 Å². The fourth-order valence-corrected chi connectivity index (χ4v) is 2.32. The molecular formula is C17H19ClN4O2. The van der Waals surface area contributed by atoms with Crippen molar-refractivity contribution >= 4 is 23.8 Å². The molecule has 0 saturated carbocycles. The van der Waals surface area contributed by atoms with Crippen molar-refractivity contribution in [1.29, 1.82) is 0 Å². The Balaban J connectivity index is 2.18. The first-order valence-corrected chi connectivity index (χ1v) is 7.55. The highest BCUT2D eigenvalue weighted by atomic mass is 35.5. The molecule has 2 aromatic rings. The first kappa shape index (κ1) is 17.6. The van der Waals surface area contributed by atoms with Gasteiger partial charge in [-0.25, -0.2) is 0 Å². The fourth-order valence-electron chi connectivity index (χ4n) is 2.03. The largest absolute Gasteiger partial charge is 0.496 e. The van der Waals surface area contributed by atoms with Crippen LogP contribution in [0.4, 0.5) is 0 Å². The fraction of sp³-hybridized carbons (Fsp3) is 0.176. The molecule has 126 valence electrons. The van der Waals surface area contributed by atoms with Crippen LogP contribution < -0.4 is 20.9 Å². The normalized spacial score (nSPS) is 10.6. The summed E-state index contributed by atoms with van der Waals surface area (Å²) >= 11 is 6.18. The molecule has 2 rings (SSSR count). The van der Waals surface area contributed by atoms with Crippen molar-refractivity contribution < 1.29 is 9.47 Å². The Morgan fingerprint density at radius 2 is 1.92 bits per heavy atom. The molecule has 7 heteroatoms. The van der Waals surface area contributed by atoms with E-state index in [-0.39, 0.29) is 5.96 Å². The molecule has 0 radical (unpaired) electrons. The lowest BCUT2D eigenvalue weighted by molar-refractivity contribution is 0.297. The van der Waals surface area contributed by atoms with Crippen LogP contribution in [0.3, 0.4) is 0 Å². The maximum atomic E-state index is 6.18. The highest BCUT2D eigenvalue weighted by Gasteiger charge is 2.07. The van der Waals surface area contributed by atoms with Gasteiger partial charge in [-0.1, -0.05) is 17.7 Å². The summed E-state index contributed by atoms with van der Waals surface area (Å²) in [6, 6.07) is 11.2. The topological polar surface area (TPSA) is 95.2 Å². The summed E-state index contributed by atoms with van der Waals surface area (Å²) < 4.78 is 11.1. The number of hydrogen-bond donors (Lipinski definition) is 2. The summed E-state index contributed by atoms with van der Waals surface area (Å²) in [7, 11) is 1.60. The molecule has 0 aromatic heterocycles. The van der Waals surface area contributed by atoms with Gasteiger partial charge in [0.1, 0.15) is 18.1 Å². The smallest absolute Gasteiger partial charge is 0.211 e. The Hall–Kier alpha value is -2.73. The van der Waals surface area contributed by atoms with Gasteiger partial charge in [0.05, 0.1) is 18.3 Å². The Kier molecular flexibility index (Phi) is 6.03. The van der Waals surface area contributed by atoms with Crippen LogP contribution in [0.2, 0.25) is 5.02 Å². The predicted octanol–water partition coefficient (Wildman–Crippen LogP) is 2.84. The number of benzene rings is 2. The maximum absolute atomic E-state index is 6.18. The van der Waals surface area contributed by atoms with Crippen molar-refractivity contribution in [2.45, 2.75) is 13.5 Å². The van der Waals surface area contributed by atoms with Crippen LogP contribution in [-0.4, -0.2) is 19.3 Å². The van der Waals surface area contributed by atoms with Crippen molar-refractivity contribution in [3.05, 3.63) is 58.1 Å². The average molecular weight is 347 g/mol. The van der Waals surface area contributed by atoms with Crippen LogP contribution in [0.25, 0.3) is 0 Å². The number of halogens is 1. The maximum Gasteiger partial charge on any atom is 0.211 e. The summed E-state index contributed by atoms with van der Waals surface area (Å²) in [5, 5.41) is 7.93. The summed E-state index contributed by atoms with van der Waals surface area (Å²) in [6.45, 7) is 2.27. The predicted molar refractivity (Wildman–Crippen MR) is 96.9 cm³/mol. The van der Waals surface area contributed by atoms with Crippen LogP contribution in [0.5, 0.6) is 11.5 Å². The molecule has 4 N–H and O–H groups in total. The van der Waals surface area contributed by atoms with E-state index in [1.807, 2.05) is 43.3 Å². The summed E-state index contributed by atoms with van der Waals surface area (Å²) in [5.41, 5.74) is 13.2. The molecule has 0 amide bonds. The Morgan fingerprint density at radius 1 is 1.17 bits per heavy atom. The minimum absolute atomic E-state index is 0.0997. The number of rotatable bonds is 6. The van der Waals surface area contributed by atoms with E-state index in [1.165, 1.54) is 0 Å². The second-order valence-corrected chi connectivity index (χ2v) is 5.47. The molecule has 2 aromatic carbocycles. The number of nitrogens with two attached hydrogens (primary N) is 2. The van der Waals surface area contributed by atoms with Gasteiger partial charge in [0, 0.05) is 5.56 Å². The van der Waals surface area contributed by atoms with E-state index in [9.17, 15) is 0 Å². The molecular weight excluding hydrogens is 328 g/mol. The van der Waals surface area contributed by atoms with Crippen molar-refractivity contribution in [3.8, 4) is 11.5 Å². The highest BCUT2D eigenvalue weighted by molar-refractivity contribution is 6.32. The second kappa shape index (κ2) is 8.21. The van der Waals surface area contributed by atoms with Gasteiger partial charge in [-0.15, -0.1) is 5.10 Å². The molecule has 0 heterocycles. The SMILES string of the molecule is COc1ccc(C=NN=C(N)N)cc1COc1ccc(C)cc1Cl. The van der Waals surface area contributed by atoms with Crippen LogP contribution in [-0.2, 0) is 6.61 Å². The molecule has 6 nitrogen and oxygen atoms in total. The highest BCUT2D eigenvalue weighted by Crippen LogP contribution is 2.27. The molecule has 0 aliphatic rings. The molecule has 0 spiro atoms. The van der Waals surface area contributed by atoms with E-state index in [0.717, 1.165) is 16.7 Å². The number of hydrogen-bond acceptors (Lipinski definition) is 4. The Bertz CT molecular complexity index is 771. The van der Waals surface area contributed by atoms with Gasteiger partial charge in [-0.2, -0.15) is 5.10 Å². The summed E-state index contributed by atoms with van der Waals surface area (Å²) in [6.07, 6.45) is 1.54. The van der Waals surface area contributed by atoms with Crippen molar-refractivity contribution in [2.75, 3.05) is 7.11 Å². The Morgan fingerprint density at radius 3 is 2.58 bits per heavy atom. The number of aryl methyl sites for hydroxylation is 1. The number of guanidine groups is 1. The van der Waals surface area contributed by atoms with E-state index < -0.39 is 0 Å². The van der Waals surface area contributed by atoms with Gasteiger partial charge >= 0.3 is 0 Å². The quantitative estimate of drug-likeness (QED) is 0.477. The Labute approximate surface area is 145 Å². The summed E-state index contributed by atoms with van der Waals surface area (Å²) in [4.78, 5) is 0. The molecule has 0 saturated heterocycles. The molecule has 0 fully saturated rings. The van der Waals surface area contributed by atoms with Gasteiger partial charge < -0.3 is 20.9 Å². The third kappa shape index (κ3) is 4.89. The van der Waals surface area contributed by atoms with Gasteiger partial charge in [0.25, 0.3) is 0 Å². The number of methoxy groups -OCH3 is 1. The zero-order valence-corrected chi connectivity index (χ0v) is 14.2. The van der Waals surface area contributed by atoms with Gasteiger partial charge in [0.15, 0.2) is 0 Å². The number of nitrogens with zero attached hydrogens (tertiary/aromatic N) is 2. The van der Waals surface area contributed by atoms with E-state index >= 15 is 0 Å². The van der Waals surface area contributed by atoms with Gasteiger partial charge in [-0.3, -0.25) is 0 Å². The monoisotopic (exact) mass is 346 g/mol. The van der Waals surface area contributed by atoms with Gasteiger partial charge in [0.2, 0.25) is 5.96 Å². The molecule has 0 atom stereocenters. The standard InChI is InChI=1S/C17H19ClN4O2/c1-11-3-5-16(14(18)7-11)24-10-13-8-12(4-6-15(13)23-2)9-21-22-17(19)20/h3-9H,10H2,1-2H3,(H4,19,20,22). The van der Waals surface area contributed by atoms with Crippen molar-refractivity contribution in [1.82, 2.24) is 0 Å². The van der Waals surface area contributed by atoms with Gasteiger partial charge in [-0.05, 0) is 48.4 Å². The van der Waals surface area contributed by atoms with Crippen molar-refractivity contribution in [2.24, 2.45) is 21.7 Å². The third-order valence-corrected chi connectivity index (χ3v) is 3.45. The zero-order valence-electron chi connectivity index (χ0n) is 13.5. The molecule has 0 aliphatic carbocycles. The number of ether oxygens (including phenoxy) is 2. The average Bonchev–Trinajstić information content (AvgIpc) is 2.54. The van der Waals surface area contributed by atoms with Crippen LogP contribution in [0, 0.1) is 6.92 Å². The molecule has 0 aliphatic heterocycles. The van der Waals surface area contributed by atoms with E-state index in [2.05, 4.69) is 10.2 Å². The van der Waals surface area contributed by atoms with Crippen LogP contribution in [0.15, 0.2) is 46.6 Å². The molecule has 24 heavy (non-hydrogen) atoms. The minimum atomic E-state index is -0.0997. The van der Waals surface area contributed by atoms with E-state index in [1.54, 1.807) is 13.3 Å².